The van der Waals surface area contributed by atoms with Crippen molar-refractivity contribution in [1.29, 1.82) is 0 Å². The van der Waals surface area contributed by atoms with Gasteiger partial charge in [-0.1, -0.05) is 0 Å². The Hall–Kier alpha value is -0.570. The minimum absolute atomic E-state index is 0.551. The van der Waals surface area contributed by atoms with Gasteiger partial charge in [-0.3, -0.25) is 0 Å². The third-order valence-electron chi connectivity index (χ3n) is 1.11. The standard InChI is InChI=1S/C6H7BrN2/c1-4-2-3-9-6(8)5(4)7/h2-3H,1H3,(H2,8,9). The molecule has 0 radical (unpaired) electrons. The number of hydrogen-bond donors (Lipinski definition) is 1. The molecule has 0 unspecified atom stereocenters. The van der Waals surface area contributed by atoms with Crippen LogP contribution in [-0.4, -0.2) is 4.98 Å². The Kier molecular flexibility index (Phi) is 1.71. The van der Waals surface area contributed by atoms with Crippen LogP contribution in [0.15, 0.2) is 16.7 Å². The minimum atomic E-state index is 0.551. The van der Waals surface area contributed by atoms with E-state index in [0.29, 0.717) is 5.82 Å². The summed E-state index contributed by atoms with van der Waals surface area (Å²) < 4.78 is 0.894. The average Bonchev–Trinajstić information content (AvgIpc) is 1.83. The molecule has 0 bridgehead atoms. The maximum atomic E-state index is 5.46. The molecule has 48 valence electrons. The third-order valence-corrected chi connectivity index (χ3v) is 2.14. The fraction of sp³-hybridized carbons (Fsp3) is 0.167. The van der Waals surface area contributed by atoms with Gasteiger partial charge < -0.3 is 5.73 Å². The maximum absolute atomic E-state index is 5.46. The quantitative estimate of drug-likeness (QED) is 0.671. The topological polar surface area (TPSA) is 38.9 Å². The lowest BCUT2D eigenvalue weighted by atomic mass is 10.3. The van der Waals surface area contributed by atoms with E-state index >= 15 is 0 Å². The lowest BCUT2D eigenvalue weighted by Crippen LogP contribution is -1.91. The van der Waals surface area contributed by atoms with Crippen LogP contribution < -0.4 is 5.73 Å². The van der Waals surface area contributed by atoms with Gasteiger partial charge in [-0.05, 0) is 34.5 Å². The first-order chi connectivity index (χ1) is 4.22. The van der Waals surface area contributed by atoms with E-state index in [-0.39, 0.29) is 0 Å². The Morgan fingerprint density at radius 1 is 1.67 bits per heavy atom. The first-order valence-electron chi connectivity index (χ1n) is 2.58. The molecule has 0 saturated heterocycles. The summed E-state index contributed by atoms with van der Waals surface area (Å²) in [7, 11) is 0. The molecule has 1 aromatic rings. The molecule has 0 amide bonds. The van der Waals surface area contributed by atoms with Crippen LogP contribution in [0.1, 0.15) is 5.56 Å². The van der Waals surface area contributed by atoms with Crippen molar-refractivity contribution < 1.29 is 0 Å². The third kappa shape index (κ3) is 1.21. The molecule has 0 aliphatic rings. The highest BCUT2D eigenvalue weighted by Gasteiger charge is 1.96. The molecular weight excluding hydrogens is 180 g/mol. The summed E-state index contributed by atoms with van der Waals surface area (Å²) in [6, 6.07) is 1.90. The molecule has 0 atom stereocenters. The highest BCUT2D eigenvalue weighted by Crippen LogP contribution is 2.19. The van der Waals surface area contributed by atoms with Gasteiger partial charge in [0.05, 0.1) is 4.47 Å². The molecule has 1 heterocycles. The first kappa shape index (κ1) is 6.55. The van der Waals surface area contributed by atoms with Crippen LogP contribution in [0.25, 0.3) is 0 Å². The van der Waals surface area contributed by atoms with Crippen molar-refractivity contribution in [3.8, 4) is 0 Å². The van der Waals surface area contributed by atoms with Crippen LogP contribution in [0.4, 0.5) is 5.82 Å². The van der Waals surface area contributed by atoms with Gasteiger partial charge >= 0.3 is 0 Å². The molecule has 9 heavy (non-hydrogen) atoms. The molecular formula is C6H7BrN2. The zero-order chi connectivity index (χ0) is 6.85. The van der Waals surface area contributed by atoms with Crippen LogP contribution >= 0.6 is 15.9 Å². The maximum Gasteiger partial charge on any atom is 0.137 e. The van der Waals surface area contributed by atoms with Gasteiger partial charge in [0.15, 0.2) is 0 Å². The zero-order valence-corrected chi connectivity index (χ0v) is 6.64. The van der Waals surface area contributed by atoms with E-state index < -0.39 is 0 Å². The van der Waals surface area contributed by atoms with Crippen molar-refractivity contribution >= 4 is 21.7 Å². The van der Waals surface area contributed by atoms with Gasteiger partial charge in [0.2, 0.25) is 0 Å². The van der Waals surface area contributed by atoms with E-state index in [0.717, 1.165) is 10.0 Å². The van der Waals surface area contributed by atoms with Crippen molar-refractivity contribution in [3.63, 3.8) is 0 Å². The number of hydrogen-bond acceptors (Lipinski definition) is 2. The average molecular weight is 187 g/mol. The van der Waals surface area contributed by atoms with E-state index in [1.807, 2.05) is 13.0 Å². The largest absolute Gasteiger partial charge is 0.383 e. The Balaban J connectivity index is 3.25. The van der Waals surface area contributed by atoms with Gasteiger partial charge in [0.1, 0.15) is 5.82 Å². The lowest BCUT2D eigenvalue weighted by molar-refractivity contribution is 1.27. The molecule has 2 N–H and O–H groups in total. The number of nitrogens with zero attached hydrogens (tertiary/aromatic N) is 1. The van der Waals surface area contributed by atoms with E-state index in [9.17, 15) is 0 Å². The summed E-state index contributed by atoms with van der Waals surface area (Å²) in [5.41, 5.74) is 6.58. The molecule has 0 fully saturated rings. The molecule has 0 spiro atoms. The summed E-state index contributed by atoms with van der Waals surface area (Å²) in [6.45, 7) is 1.97. The number of halogens is 1. The van der Waals surface area contributed by atoms with Crippen molar-refractivity contribution in [2.45, 2.75) is 6.92 Å². The van der Waals surface area contributed by atoms with Crippen molar-refractivity contribution in [2.24, 2.45) is 0 Å². The van der Waals surface area contributed by atoms with E-state index in [1.165, 1.54) is 0 Å². The van der Waals surface area contributed by atoms with E-state index in [4.69, 9.17) is 5.73 Å². The Morgan fingerprint density at radius 2 is 2.33 bits per heavy atom. The van der Waals surface area contributed by atoms with Crippen LogP contribution in [0.2, 0.25) is 0 Å². The molecule has 0 aromatic carbocycles. The second-order valence-electron chi connectivity index (χ2n) is 1.83. The summed E-state index contributed by atoms with van der Waals surface area (Å²) in [5.74, 6) is 0.551. The molecule has 2 nitrogen and oxygen atoms in total. The van der Waals surface area contributed by atoms with Crippen molar-refractivity contribution in [3.05, 3.63) is 22.3 Å². The van der Waals surface area contributed by atoms with E-state index in [1.54, 1.807) is 6.20 Å². The highest BCUT2D eigenvalue weighted by molar-refractivity contribution is 9.10. The fourth-order valence-electron chi connectivity index (χ4n) is 0.561. The number of aryl methyl sites for hydroxylation is 1. The zero-order valence-electron chi connectivity index (χ0n) is 5.06. The van der Waals surface area contributed by atoms with Gasteiger partial charge in [-0.25, -0.2) is 4.98 Å². The van der Waals surface area contributed by atoms with Crippen molar-refractivity contribution in [1.82, 2.24) is 4.98 Å². The number of pyridine rings is 1. The van der Waals surface area contributed by atoms with Gasteiger partial charge in [-0.15, -0.1) is 0 Å². The highest BCUT2D eigenvalue weighted by atomic mass is 79.9. The summed E-state index contributed by atoms with van der Waals surface area (Å²) >= 11 is 3.29. The minimum Gasteiger partial charge on any atom is -0.383 e. The first-order valence-corrected chi connectivity index (χ1v) is 3.37. The predicted molar refractivity (Wildman–Crippen MR) is 41.1 cm³/mol. The summed E-state index contributed by atoms with van der Waals surface area (Å²) in [5, 5.41) is 0. The second kappa shape index (κ2) is 2.35. The van der Waals surface area contributed by atoms with Crippen LogP contribution in [0, 0.1) is 6.92 Å². The number of aromatic nitrogens is 1. The van der Waals surface area contributed by atoms with Gasteiger partial charge in [0.25, 0.3) is 0 Å². The van der Waals surface area contributed by atoms with Crippen LogP contribution in [0.5, 0.6) is 0 Å². The smallest absolute Gasteiger partial charge is 0.137 e. The van der Waals surface area contributed by atoms with Gasteiger partial charge in [-0.2, -0.15) is 0 Å². The number of nitrogen functional groups attached to an aromatic ring is 1. The predicted octanol–water partition coefficient (Wildman–Crippen LogP) is 1.73. The molecule has 0 saturated carbocycles. The number of rotatable bonds is 0. The normalized spacial score (nSPS) is 9.56. The number of anilines is 1. The van der Waals surface area contributed by atoms with Crippen molar-refractivity contribution in [2.75, 3.05) is 5.73 Å². The Labute approximate surface area is 62.2 Å². The molecule has 3 heteroatoms. The fourth-order valence-corrected chi connectivity index (χ4v) is 0.796. The second-order valence-corrected chi connectivity index (χ2v) is 2.62. The SMILES string of the molecule is Cc1ccnc(N)c1Br. The van der Waals surface area contributed by atoms with Crippen LogP contribution in [0.3, 0.4) is 0 Å². The molecule has 1 aromatic heterocycles. The molecule has 1 rings (SSSR count). The molecule has 0 aliphatic carbocycles. The van der Waals surface area contributed by atoms with Crippen LogP contribution in [-0.2, 0) is 0 Å². The van der Waals surface area contributed by atoms with E-state index in [2.05, 4.69) is 20.9 Å². The number of nitrogens with two attached hydrogens (primary N) is 1. The lowest BCUT2D eigenvalue weighted by Gasteiger charge is -1.97. The monoisotopic (exact) mass is 186 g/mol. The Morgan fingerprint density at radius 3 is 2.78 bits per heavy atom. The summed E-state index contributed by atoms with van der Waals surface area (Å²) in [6.07, 6.45) is 1.69. The Bertz CT molecular complexity index is 202. The summed E-state index contributed by atoms with van der Waals surface area (Å²) in [4.78, 5) is 3.87. The van der Waals surface area contributed by atoms with Gasteiger partial charge in [0, 0.05) is 6.20 Å². The molecule has 0 aliphatic heterocycles.